The highest BCUT2D eigenvalue weighted by Crippen LogP contribution is 2.40. The van der Waals surface area contributed by atoms with Gasteiger partial charge in [0.2, 0.25) is 11.9 Å². The number of hydrogen-bond donors (Lipinski definition) is 2. The SMILES string of the molecule is CN(C)[C@H]1C[C@@H](C(=O)Cc2ccc(F)nc2)N(c2nc(Nc3cc(C4CC4)[nH]n3)c3cccn3n2)C1. The standard InChI is InChI=1S/C25H28FN9O/c1-33(2)17-11-20(21(36)10-15-5-8-22(26)27-13-15)34(14-17)25-29-24(19-4-3-9-35(19)32-25)28-23-12-18(30-31-23)16-6-7-16/h3-5,8-9,12-13,16-17,20H,6-7,10-11,14H2,1-2H3,(H2,28,29,30,31,32)/t17-,20-/m0/s1. The van der Waals surface area contributed by atoms with Gasteiger partial charge >= 0.3 is 0 Å². The van der Waals surface area contributed by atoms with Crippen LogP contribution in [0.15, 0.2) is 42.7 Å². The average Bonchev–Trinajstić information content (AvgIpc) is 3.24. The minimum absolute atomic E-state index is 0.0276. The lowest BCUT2D eigenvalue weighted by Crippen LogP contribution is -2.39. The van der Waals surface area contributed by atoms with Crippen LogP contribution in [0.25, 0.3) is 5.52 Å². The topological polar surface area (TPSA) is 107 Å². The van der Waals surface area contributed by atoms with Crippen molar-refractivity contribution in [1.29, 1.82) is 0 Å². The van der Waals surface area contributed by atoms with Crippen LogP contribution >= 0.6 is 0 Å². The number of hydrogen-bond acceptors (Lipinski definition) is 8. The van der Waals surface area contributed by atoms with Gasteiger partial charge in [-0.3, -0.25) is 9.89 Å². The third kappa shape index (κ3) is 4.41. The molecule has 0 amide bonds. The van der Waals surface area contributed by atoms with Crippen molar-refractivity contribution < 1.29 is 9.18 Å². The maximum Gasteiger partial charge on any atom is 0.246 e. The number of aromatic nitrogens is 6. The quantitative estimate of drug-likeness (QED) is 0.364. The van der Waals surface area contributed by atoms with E-state index in [-0.39, 0.29) is 18.2 Å². The second-order valence-corrected chi connectivity index (χ2v) is 9.86. The Morgan fingerprint density at radius 1 is 1.28 bits per heavy atom. The molecule has 186 valence electrons. The van der Waals surface area contributed by atoms with Crippen LogP contribution in [0.1, 0.15) is 36.4 Å². The van der Waals surface area contributed by atoms with Crippen molar-refractivity contribution in [2.45, 2.75) is 43.7 Å². The predicted molar refractivity (Wildman–Crippen MR) is 133 cm³/mol. The minimum atomic E-state index is -0.559. The highest BCUT2D eigenvalue weighted by atomic mass is 19.1. The molecule has 2 atom stereocenters. The Morgan fingerprint density at radius 3 is 2.89 bits per heavy atom. The Bertz CT molecular complexity index is 1390. The summed E-state index contributed by atoms with van der Waals surface area (Å²) in [5.41, 5.74) is 2.63. The van der Waals surface area contributed by atoms with E-state index in [4.69, 9.17) is 10.1 Å². The molecular weight excluding hydrogens is 461 g/mol. The zero-order valence-corrected chi connectivity index (χ0v) is 20.2. The molecule has 1 saturated carbocycles. The molecule has 0 aromatic carbocycles. The number of carbonyl (C=O) groups is 1. The van der Waals surface area contributed by atoms with Gasteiger partial charge in [-0.2, -0.15) is 14.5 Å². The first-order valence-electron chi connectivity index (χ1n) is 12.2. The summed E-state index contributed by atoms with van der Waals surface area (Å²) in [6, 6.07) is 8.52. The normalized spacial score (nSPS) is 19.9. The van der Waals surface area contributed by atoms with Crippen molar-refractivity contribution in [3.63, 3.8) is 0 Å². The van der Waals surface area contributed by atoms with E-state index in [0.29, 0.717) is 42.0 Å². The van der Waals surface area contributed by atoms with E-state index in [9.17, 15) is 9.18 Å². The first kappa shape index (κ1) is 22.6. The van der Waals surface area contributed by atoms with Gasteiger partial charge < -0.3 is 15.1 Å². The van der Waals surface area contributed by atoms with E-state index in [0.717, 1.165) is 11.2 Å². The van der Waals surface area contributed by atoms with E-state index < -0.39 is 12.0 Å². The number of H-pyrrole nitrogens is 1. The van der Waals surface area contributed by atoms with Crippen LogP contribution in [-0.4, -0.2) is 73.2 Å². The van der Waals surface area contributed by atoms with Gasteiger partial charge in [-0.1, -0.05) is 6.07 Å². The van der Waals surface area contributed by atoms with Crippen LogP contribution in [0.2, 0.25) is 0 Å². The van der Waals surface area contributed by atoms with E-state index in [1.165, 1.54) is 25.1 Å². The number of aromatic amines is 1. The molecule has 1 aliphatic heterocycles. The number of likely N-dealkylation sites (N-methyl/N-ethyl adjacent to an activating group) is 1. The summed E-state index contributed by atoms with van der Waals surface area (Å²) < 4.78 is 15.0. The Labute approximate surface area is 207 Å². The van der Waals surface area contributed by atoms with Gasteiger partial charge in [-0.25, -0.2) is 9.50 Å². The molecule has 6 rings (SSSR count). The van der Waals surface area contributed by atoms with Crippen molar-refractivity contribution in [1.82, 2.24) is 34.7 Å². The zero-order valence-electron chi connectivity index (χ0n) is 20.2. The van der Waals surface area contributed by atoms with E-state index in [1.54, 1.807) is 10.6 Å². The first-order chi connectivity index (χ1) is 17.4. The minimum Gasteiger partial charge on any atom is -0.328 e. The maximum absolute atomic E-state index is 13.4. The van der Waals surface area contributed by atoms with Gasteiger partial charge in [0.25, 0.3) is 0 Å². The molecular formula is C25H28FN9O. The molecule has 0 spiro atoms. The summed E-state index contributed by atoms with van der Waals surface area (Å²) in [6.07, 6.45) is 6.48. The first-order valence-corrected chi connectivity index (χ1v) is 12.2. The molecule has 4 aromatic rings. The second-order valence-electron chi connectivity index (χ2n) is 9.86. The number of nitrogens with one attached hydrogen (secondary N) is 2. The van der Waals surface area contributed by atoms with Crippen LogP contribution in [0.4, 0.5) is 22.0 Å². The molecule has 5 heterocycles. The van der Waals surface area contributed by atoms with Crippen molar-refractivity contribution in [2.24, 2.45) is 0 Å². The molecule has 0 unspecified atom stereocenters. The monoisotopic (exact) mass is 489 g/mol. The number of anilines is 3. The molecule has 10 nitrogen and oxygen atoms in total. The summed E-state index contributed by atoms with van der Waals surface area (Å²) in [5, 5.41) is 15.6. The van der Waals surface area contributed by atoms with Gasteiger partial charge in [-0.15, -0.1) is 5.10 Å². The van der Waals surface area contributed by atoms with Gasteiger partial charge in [0.1, 0.15) is 5.52 Å². The zero-order chi connectivity index (χ0) is 24.8. The molecule has 4 aromatic heterocycles. The number of pyridine rings is 1. The number of fused-ring (bicyclic) bond motifs is 1. The largest absolute Gasteiger partial charge is 0.328 e. The number of ketones is 1. The molecule has 1 aliphatic carbocycles. The van der Waals surface area contributed by atoms with Gasteiger partial charge in [0.05, 0.1) is 6.04 Å². The van der Waals surface area contributed by atoms with Crippen molar-refractivity contribution in [2.75, 3.05) is 30.9 Å². The molecule has 2 aliphatic rings. The Morgan fingerprint density at radius 2 is 2.14 bits per heavy atom. The van der Waals surface area contributed by atoms with Gasteiger partial charge in [-0.05, 0) is 57.1 Å². The smallest absolute Gasteiger partial charge is 0.246 e. The van der Waals surface area contributed by atoms with E-state index >= 15 is 0 Å². The second kappa shape index (κ2) is 8.98. The van der Waals surface area contributed by atoms with Crippen LogP contribution in [0.3, 0.4) is 0 Å². The lowest BCUT2D eigenvalue weighted by atomic mass is 10.0. The molecule has 0 bridgehead atoms. The lowest BCUT2D eigenvalue weighted by Gasteiger charge is -2.24. The van der Waals surface area contributed by atoms with Crippen LogP contribution in [0.5, 0.6) is 0 Å². The predicted octanol–water partition coefficient (Wildman–Crippen LogP) is 2.93. The highest BCUT2D eigenvalue weighted by molar-refractivity contribution is 5.89. The molecule has 2 fully saturated rings. The Hall–Kier alpha value is -3.86. The number of carbonyl (C=O) groups excluding carboxylic acids is 1. The van der Waals surface area contributed by atoms with Crippen LogP contribution in [0, 0.1) is 5.95 Å². The van der Waals surface area contributed by atoms with Crippen LogP contribution < -0.4 is 10.2 Å². The Balaban J connectivity index is 1.31. The van der Waals surface area contributed by atoms with Crippen molar-refractivity contribution in [3.05, 3.63) is 59.9 Å². The number of rotatable bonds is 8. The number of Topliss-reactive ketones (excluding diaryl/α,β-unsaturated/α-hetero) is 1. The fourth-order valence-electron chi connectivity index (χ4n) is 4.81. The molecule has 36 heavy (non-hydrogen) atoms. The van der Waals surface area contributed by atoms with Crippen molar-refractivity contribution in [3.8, 4) is 0 Å². The third-order valence-corrected chi connectivity index (χ3v) is 7.05. The number of halogens is 1. The highest BCUT2D eigenvalue weighted by Gasteiger charge is 2.39. The summed E-state index contributed by atoms with van der Waals surface area (Å²) >= 11 is 0. The Kier molecular flexibility index (Phi) is 5.63. The fourth-order valence-corrected chi connectivity index (χ4v) is 4.81. The third-order valence-electron chi connectivity index (χ3n) is 7.05. The van der Waals surface area contributed by atoms with Gasteiger partial charge in [0, 0.05) is 49.1 Å². The van der Waals surface area contributed by atoms with Gasteiger partial charge in [0.15, 0.2) is 17.4 Å². The summed E-state index contributed by atoms with van der Waals surface area (Å²) in [5.74, 6) is 1.84. The number of nitrogens with zero attached hydrogens (tertiary/aromatic N) is 7. The summed E-state index contributed by atoms with van der Waals surface area (Å²) in [7, 11) is 4.02. The summed E-state index contributed by atoms with van der Waals surface area (Å²) in [4.78, 5) is 26.1. The van der Waals surface area contributed by atoms with E-state index in [2.05, 4.69) is 25.4 Å². The summed E-state index contributed by atoms with van der Waals surface area (Å²) in [6.45, 7) is 0.617. The fraction of sp³-hybridized carbons (Fsp3) is 0.400. The maximum atomic E-state index is 13.4. The lowest BCUT2D eigenvalue weighted by molar-refractivity contribution is -0.119. The molecule has 2 N–H and O–H groups in total. The molecule has 11 heteroatoms. The molecule has 1 saturated heterocycles. The molecule has 0 radical (unpaired) electrons. The van der Waals surface area contributed by atoms with E-state index in [1.807, 2.05) is 43.4 Å². The average molecular weight is 490 g/mol. The van der Waals surface area contributed by atoms with Crippen molar-refractivity contribution >= 4 is 28.9 Å². The van der Waals surface area contributed by atoms with Crippen LogP contribution in [-0.2, 0) is 11.2 Å².